The summed E-state index contributed by atoms with van der Waals surface area (Å²) in [5, 5.41) is 2.98. The molecule has 0 heterocycles. The number of carbonyl (C=O) groups excluding carboxylic acids is 2. The fraction of sp³-hybridized carbons (Fsp3) is 0.440. The van der Waals surface area contributed by atoms with E-state index in [0.29, 0.717) is 19.5 Å². The lowest BCUT2D eigenvalue weighted by molar-refractivity contribution is -0.140. The molecule has 0 saturated carbocycles. The van der Waals surface area contributed by atoms with Crippen molar-refractivity contribution >= 4 is 11.8 Å². The average molecular weight is 427 g/mol. The Kier molecular flexibility index (Phi) is 9.88. The highest BCUT2D eigenvalue weighted by atomic mass is 16.5. The first-order valence-corrected chi connectivity index (χ1v) is 10.8. The van der Waals surface area contributed by atoms with E-state index >= 15 is 0 Å². The summed E-state index contributed by atoms with van der Waals surface area (Å²) in [5.41, 5.74) is 1.80. The summed E-state index contributed by atoms with van der Waals surface area (Å²) < 4.78 is 10.5. The van der Waals surface area contributed by atoms with E-state index in [2.05, 4.69) is 12.2 Å². The van der Waals surface area contributed by atoms with Crippen LogP contribution in [0.5, 0.6) is 11.5 Å². The molecule has 0 aromatic heterocycles. The molecule has 0 aliphatic carbocycles. The number of nitrogens with one attached hydrogen (secondary N) is 1. The fourth-order valence-corrected chi connectivity index (χ4v) is 3.41. The van der Waals surface area contributed by atoms with Gasteiger partial charge in [-0.1, -0.05) is 44.5 Å². The number of unbranched alkanes of at least 4 members (excludes halogenated alkanes) is 1. The lowest BCUT2D eigenvalue weighted by Crippen LogP contribution is -2.49. The molecule has 0 fully saturated rings. The van der Waals surface area contributed by atoms with E-state index in [4.69, 9.17) is 9.47 Å². The van der Waals surface area contributed by atoms with Crippen molar-refractivity contribution in [1.29, 1.82) is 0 Å². The second-order valence-electron chi connectivity index (χ2n) is 7.47. The van der Waals surface area contributed by atoms with Gasteiger partial charge < -0.3 is 19.7 Å². The van der Waals surface area contributed by atoms with Crippen molar-refractivity contribution in [3.8, 4) is 11.5 Å². The van der Waals surface area contributed by atoms with Crippen LogP contribution in [-0.4, -0.2) is 43.5 Å². The van der Waals surface area contributed by atoms with E-state index in [9.17, 15) is 9.59 Å². The van der Waals surface area contributed by atoms with Gasteiger partial charge in [-0.2, -0.15) is 0 Å². The van der Waals surface area contributed by atoms with Gasteiger partial charge in [-0.15, -0.1) is 0 Å². The molecule has 0 saturated heterocycles. The van der Waals surface area contributed by atoms with Crippen LogP contribution in [0.1, 0.15) is 44.2 Å². The summed E-state index contributed by atoms with van der Waals surface area (Å²) in [7, 11) is 3.22. The third-order valence-electron chi connectivity index (χ3n) is 5.22. The van der Waals surface area contributed by atoms with Gasteiger partial charge in [0.2, 0.25) is 11.8 Å². The summed E-state index contributed by atoms with van der Waals surface area (Å²) in [6.45, 7) is 4.97. The molecular weight excluding hydrogens is 392 g/mol. The molecule has 31 heavy (non-hydrogen) atoms. The molecular formula is C25H34N2O4. The van der Waals surface area contributed by atoms with Crippen LogP contribution >= 0.6 is 0 Å². The van der Waals surface area contributed by atoms with Gasteiger partial charge in [-0.25, -0.2) is 0 Å². The largest absolute Gasteiger partial charge is 0.497 e. The normalized spacial score (nSPS) is 11.5. The summed E-state index contributed by atoms with van der Waals surface area (Å²) >= 11 is 0. The lowest BCUT2D eigenvalue weighted by atomic mass is 10.1. The second-order valence-corrected chi connectivity index (χ2v) is 7.47. The lowest BCUT2D eigenvalue weighted by Gasteiger charge is -2.31. The number of nitrogens with zero attached hydrogens (tertiary/aromatic N) is 1. The van der Waals surface area contributed by atoms with Crippen molar-refractivity contribution in [3.05, 3.63) is 59.7 Å². The monoisotopic (exact) mass is 426 g/mol. The van der Waals surface area contributed by atoms with E-state index in [-0.39, 0.29) is 18.2 Å². The smallest absolute Gasteiger partial charge is 0.242 e. The van der Waals surface area contributed by atoms with Gasteiger partial charge in [0.25, 0.3) is 0 Å². The minimum atomic E-state index is -0.534. The number of hydrogen-bond donors (Lipinski definition) is 1. The van der Waals surface area contributed by atoms with Gasteiger partial charge in [0.05, 0.1) is 20.6 Å². The SMILES string of the molecule is CCCCNC(=O)C(CC)N(Cc1cccc(OC)c1)C(=O)Cc1ccc(OC)cc1. The Morgan fingerprint density at radius 3 is 2.29 bits per heavy atom. The van der Waals surface area contributed by atoms with Crippen LogP contribution in [0.15, 0.2) is 48.5 Å². The number of rotatable bonds is 12. The molecule has 2 aromatic rings. The summed E-state index contributed by atoms with van der Waals surface area (Å²) in [5.74, 6) is 1.26. The summed E-state index contributed by atoms with van der Waals surface area (Å²) in [6, 6.07) is 14.5. The standard InChI is InChI=1S/C25H34N2O4/c1-5-7-15-26-25(29)23(6-2)27(18-20-9-8-10-22(16-20)31-4)24(28)17-19-11-13-21(30-3)14-12-19/h8-14,16,23H,5-7,15,17-18H2,1-4H3,(H,26,29). The Bertz CT molecular complexity index is 836. The van der Waals surface area contributed by atoms with Crippen LogP contribution in [-0.2, 0) is 22.6 Å². The zero-order valence-electron chi connectivity index (χ0n) is 19.0. The van der Waals surface area contributed by atoms with Crippen LogP contribution in [0.3, 0.4) is 0 Å². The molecule has 0 spiro atoms. The van der Waals surface area contributed by atoms with Crippen LogP contribution < -0.4 is 14.8 Å². The number of hydrogen-bond acceptors (Lipinski definition) is 4. The van der Waals surface area contributed by atoms with Crippen LogP contribution in [0.2, 0.25) is 0 Å². The van der Waals surface area contributed by atoms with Gasteiger partial charge in [-0.3, -0.25) is 9.59 Å². The molecule has 1 unspecified atom stereocenters. The van der Waals surface area contributed by atoms with Crippen LogP contribution in [0.25, 0.3) is 0 Å². The van der Waals surface area contributed by atoms with Gasteiger partial charge in [0, 0.05) is 13.1 Å². The molecule has 2 rings (SSSR count). The Morgan fingerprint density at radius 1 is 0.968 bits per heavy atom. The average Bonchev–Trinajstić information content (AvgIpc) is 2.79. The minimum Gasteiger partial charge on any atom is -0.497 e. The van der Waals surface area contributed by atoms with Crippen molar-refractivity contribution in [1.82, 2.24) is 10.2 Å². The molecule has 0 bridgehead atoms. The summed E-state index contributed by atoms with van der Waals surface area (Å²) in [4.78, 5) is 27.9. The third-order valence-corrected chi connectivity index (χ3v) is 5.22. The predicted molar refractivity (Wildman–Crippen MR) is 122 cm³/mol. The van der Waals surface area contributed by atoms with Crippen molar-refractivity contribution in [3.63, 3.8) is 0 Å². The maximum atomic E-state index is 13.3. The molecule has 0 radical (unpaired) electrons. The van der Waals surface area contributed by atoms with Crippen molar-refractivity contribution in [2.45, 2.75) is 52.1 Å². The molecule has 6 nitrogen and oxygen atoms in total. The Hall–Kier alpha value is -3.02. The molecule has 1 N–H and O–H groups in total. The van der Waals surface area contributed by atoms with Crippen molar-refractivity contribution in [2.75, 3.05) is 20.8 Å². The van der Waals surface area contributed by atoms with Gasteiger partial charge >= 0.3 is 0 Å². The molecule has 2 amide bonds. The Labute approximate surface area is 185 Å². The number of ether oxygens (including phenoxy) is 2. The summed E-state index contributed by atoms with van der Waals surface area (Å²) in [6.07, 6.45) is 2.67. The van der Waals surface area contributed by atoms with Crippen molar-refractivity contribution < 1.29 is 19.1 Å². The van der Waals surface area contributed by atoms with E-state index < -0.39 is 6.04 Å². The maximum absolute atomic E-state index is 13.3. The van der Waals surface area contributed by atoms with E-state index in [1.54, 1.807) is 19.1 Å². The molecule has 1 atom stereocenters. The molecule has 6 heteroatoms. The van der Waals surface area contributed by atoms with Crippen molar-refractivity contribution in [2.24, 2.45) is 0 Å². The minimum absolute atomic E-state index is 0.0921. The molecule has 0 aliphatic rings. The zero-order chi connectivity index (χ0) is 22.6. The molecule has 2 aromatic carbocycles. The number of methoxy groups -OCH3 is 2. The topological polar surface area (TPSA) is 67.9 Å². The quantitative estimate of drug-likeness (QED) is 0.522. The number of carbonyl (C=O) groups is 2. The number of benzene rings is 2. The molecule has 168 valence electrons. The second kappa shape index (κ2) is 12.6. The first-order valence-electron chi connectivity index (χ1n) is 10.8. The van der Waals surface area contributed by atoms with E-state index in [1.807, 2.05) is 55.5 Å². The van der Waals surface area contributed by atoms with Gasteiger partial charge in [0.1, 0.15) is 17.5 Å². The first kappa shape index (κ1) is 24.3. The third kappa shape index (κ3) is 7.31. The highest BCUT2D eigenvalue weighted by Gasteiger charge is 2.28. The predicted octanol–water partition coefficient (Wildman–Crippen LogP) is 3.97. The molecule has 0 aliphatic heterocycles. The highest BCUT2D eigenvalue weighted by molar-refractivity contribution is 5.88. The highest BCUT2D eigenvalue weighted by Crippen LogP contribution is 2.19. The maximum Gasteiger partial charge on any atom is 0.242 e. The Morgan fingerprint density at radius 2 is 1.68 bits per heavy atom. The van der Waals surface area contributed by atoms with E-state index in [1.165, 1.54) is 0 Å². The van der Waals surface area contributed by atoms with Gasteiger partial charge in [0.15, 0.2) is 0 Å². The first-order chi connectivity index (χ1) is 15.0. The zero-order valence-corrected chi connectivity index (χ0v) is 19.0. The van der Waals surface area contributed by atoms with Crippen LogP contribution in [0, 0.1) is 0 Å². The van der Waals surface area contributed by atoms with Crippen LogP contribution in [0.4, 0.5) is 0 Å². The van der Waals surface area contributed by atoms with Gasteiger partial charge in [-0.05, 0) is 48.2 Å². The number of amides is 2. The van der Waals surface area contributed by atoms with E-state index in [0.717, 1.165) is 35.5 Å². The fourth-order valence-electron chi connectivity index (χ4n) is 3.41. The Balaban J connectivity index is 2.25.